The smallest absolute Gasteiger partial charge is 0.0412 e. The molecule has 13 heavy (non-hydrogen) atoms. The normalized spacial score (nSPS) is 23.0. The van der Waals surface area contributed by atoms with Crippen LogP contribution in [-0.2, 0) is 10.8 Å². The highest BCUT2D eigenvalue weighted by molar-refractivity contribution is 7.85. The summed E-state index contributed by atoms with van der Waals surface area (Å²) in [6.45, 7) is 3.90. The second kappa shape index (κ2) is 4.56. The van der Waals surface area contributed by atoms with E-state index in [2.05, 4.69) is 0 Å². The molecule has 0 saturated heterocycles. The molecule has 0 aromatic rings. The van der Waals surface area contributed by atoms with Gasteiger partial charge in [0.15, 0.2) is 0 Å². The number of nitrogens with two attached hydrogens (primary N) is 1. The number of hydrogen-bond donors (Lipinski definition) is 1. The Labute approximate surface area is 83.7 Å². The molecule has 2 nitrogen and oxygen atoms in total. The van der Waals surface area contributed by atoms with Gasteiger partial charge in [-0.05, 0) is 26.7 Å². The Morgan fingerprint density at radius 2 is 1.85 bits per heavy atom. The molecule has 1 atom stereocenters. The molecule has 0 spiro atoms. The highest BCUT2D eigenvalue weighted by atomic mass is 32.2. The van der Waals surface area contributed by atoms with Gasteiger partial charge in [0.25, 0.3) is 0 Å². The van der Waals surface area contributed by atoms with Crippen molar-refractivity contribution in [1.29, 1.82) is 0 Å². The zero-order chi connectivity index (χ0) is 9.90. The van der Waals surface area contributed by atoms with Crippen molar-refractivity contribution in [2.75, 3.05) is 5.75 Å². The molecular weight excluding hydrogens is 182 g/mol. The van der Waals surface area contributed by atoms with Gasteiger partial charge in [0.1, 0.15) is 0 Å². The van der Waals surface area contributed by atoms with Gasteiger partial charge in [-0.2, -0.15) is 0 Å². The third kappa shape index (κ3) is 4.23. The van der Waals surface area contributed by atoms with Gasteiger partial charge in [-0.1, -0.05) is 19.3 Å². The molecule has 1 fully saturated rings. The fraction of sp³-hybridized carbons (Fsp3) is 1.00. The van der Waals surface area contributed by atoms with Crippen LogP contribution in [0.4, 0.5) is 0 Å². The molecule has 0 aliphatic heterocycles. The van der Waals surface area contributed by atoms with E-state index in [1.807, 2.05) is 13.8 Å². The minimum absolute atomic E-state index is 0.275. The van der Waals surface area contributed by atoms with Crippen LogP contribution >= 0.6 is 0 Å². The predicted octanol–water partition coefficient (Wildman–Crippen LogP) is 1.81. The molecule has 0 radical (unpaired) electrons. The summed E-state index contributed by atoms with van der Waals surface area (Å²) < 4.78 is 11.8. The van der Waals surface area contributed by atoms with Gasteiger partial charge in [0.2, 0.25) is 0 Å². The first kappa shape index (κ1) is 11.2. The Kier molecular flexibility index (Phi) is 3.92. The van der Waals surface area contributed by atoms with Crippen molar-refractivity contribution in [2.24, 2.45) is 5.73 Å². The third-order valence-corrected chi connectivity index (χ3v) is 4.68. The maximum absolute atomic E-state index is 11.8. The molecular formula is C10H21NOS. The molecule has 1 aliphatic carbocycles. The van der Waals surface area contributed by atoms with E-state index in [0.29, 0.717) is 11.0 Å². The SMILES string of the molecule is CC(C)(N)CS(=O)C1CCCCC1. The van der Waals surface area contributed by atoms with Gasteiger partial charge >= 0.3 is 0 Å². The van der Waals surface area contributed by atoms with Crippen molar-refractivity contribution in [2.45, 2.75) is 56.7 Å². The average Bonchev–Trinajstić information content (AvgIpc) is 2.03. The molecule has 78 valence electrons. The van der Waals surface area contributed by atoms with Crippen LogP contribution in [0.5, 0.6) is 0 Å². The van der Waals surface area contributed by atoms with Crippen molar-refractivity contribution in [3.63, 3.8) is 0 Å². The Hall–Kier alpha value is 0.110. The Balaban J connectivity index is 2.38. The van der Waals surface area contributed by atoms with Crippen LogP contribution in [0, 0.1) is 0 Å². The first-order valence-corrected chi connectivity index (χ1v) is 6.53. The summed E-state index contributed by atoms with van der Waals surface area (Å²) in [5.41, 5.74) is 5.57. The monoisotopic (exact) mass is 203 g/mol. The summed E-state index contributed by atoms with van der Waals surface area (Å²) in [5.74, 6) is 0.650. The number of hydrogen-bond acceptors (Lipinski definition) is 2. The molecule has 1 saturated carbocycles. The summed E-state index contributed by atoms with van der Waals surface area (Å²) in [5, 5.41) is 0.427. The largest absolute Gasteiger partial charge is 0.325 e. The highest BCUT2D eigenvalue weighted by Gasteiger charge is 2.24. The molecule has 3 heteroatoms. The Morgan fingerprint density at radius 1 is 1.31 bits per heavy atom. The van der Waals surface area contributed by atoms with Crippen molar-refractivity contribution in [3.05, 3.63) is 0 Å². The molecule has 0 amide bonds. The molecule has 1 aliphatic rings. The molecule has 2 N–H and O–H groups in total. The fourth-order valence-corrected chi connectivity index (χ4v) is 3.64. The van der Waals surface area contributed by atoms with E-state index in [1.54, 1.807) is 0 Å². The average molecular weight is 203 g/mol. The lowest BCUT2D eigenvalue weighted by Crippen LogP contribution is -2.40. The minimum Gasteiger partial charge on any atom is -0.325 e. The van der Waals surface area contributed by atoms with Crippen LogP contribution in [0.3, 0.4) is 0 Å². The maximum atomic E-state index is 11.8. The van der Waals surface area contributed by atoms with Gasteiger partial charge in [0, 0.05) is 27.3 Å². The topological polar surface area (TPSA) is 43.1 Å². The van der Waals surface area contributed by atoms with Crippen molar-refractivity contribution in [1.82, 2.24) is 0 Å². The van der Waals surface area contributed by atoms with E-state index >= 15 is 0 Å². The minimum atomic E-state index is -0.701. The standard InChI is InChI=1S/C10H21NOS/c1-10(2,11)8-13(12)9-6-4-3-5-7-9/h9H,3-8,11H2,1-2H3. The summed E-state index contributed by atoms with van der Waals surface area (Å²) in [4.78, 5) is 0. The predicted molar refractivity (Wildman–Crippen MR) is 58.1 cm³/mol. The van der Waals surface area contributed by atoms with Crippen LogP contribution in [0.2, 0.25) is 0 Å². The lowest BCUT2D eigenvalue weighted by atomic mass is 10.0. The summed E-state index contributed by atoms with van der Waals surface area (Å²) in [6, 6.07) is 0. The van der Waals surface area contributed by atoms with Crippen LogP contribution in [0.15, 0.2) is 0 Å². The van der Waals surface area contributed by atoms with E-state index in [4.69, 9.17) is 5.73 Å². The molecule has 0 aromatic carbocycles. The van der Waals surface area contributed by atoms with Gasteiger partial charge < -0.3 is 5.73 Å². The molecule has 1 unspecified atom stereocenters. The maximum Gasteiger partial charge on any atom is 0.0412 e. The van der Waals surface area contributed by atoms with Crippen LogP contribution in [-0.4, -0.2) is 20.8 Å². The highest BCUT2D eigenvalue weighted by Crippen LogP contribution is 2.23. The van der Waals surface area contributed by atoms with Gasteiger partial charge in [0.05, 0.1) is 0 Å². The summed E-state index contributed by atoms with van der Waals surface area (Å²) in [7, 11) is -0.701. The van der Waals surface area contributed by atoms with Crippen LogP contribution in [0.1, 0.15) is 46.0 Å². The van der Waals surface area contributed by atoms with E-state index < -0.39 is 10.8 Å². The van der Waals surface area contributed by atoms with Gasteiger partial charge in [-0.3, -0.25) is 4.21 Å². The van der Waals surface area contributed by atoms with Crippen molar-refractivity contribution < 1.29 is 4.21 Å². The molecule has 0 heterocycles. The second-order valence-corrected chi connectivity index (χ2v) is 6.49. The van der Waals surface area contributed by atoms with E-state index in [9.17, 15) is 4.21 Å². The zero-order valence-corrected chi connectivity index (χ0v) is 9.53. The van der Waals surface area contributed by atoms with E-state index in [0.717, 1.165) is 12.8 Å². The zero-order valence-electron chi connectivity index (χ0n) is 8.71. The quantitative estimate of drug-likeness (QED) is 0.760. The lowest BCUT2D eigenvalue weighted by Gasteiger charge is -2.25. The Morgan fingerprint density at radius 3 is 2.31 bits per heavy atom. The first-order chi connectivity index (χ1) is 5.99. The summed E-state index contributed by atoms with van der Waals surface area (Å²) in [6.07, 6.45) is 6.11. The van der Waals surface area contributed by atoms with Crippen LogP contribution in [0.25, 0.3) is 0 Å². The number of rotatable bonds is 3. The van der Waals surface area contributed by atoms with E-state index in [1.165, 1.54) is 19.3 Å². The van der Waals surface area contributed by atoms with Crippen molar-refractivity contribution in [3.8, 4) is 0 Å². The fourth-order valence-electron chi connectivity index (χ4n) is 1.81. The Bertz CT molecular complexity index is 180. The second-order valence-electron chi connectivity index (χ2n) is 4.77. The first-order valence-electron chi connectivity index (χ1n) is 5.15. The molecule has 0 bridgehead atoms. The molecule has 0 aromatic heterocycles. The van der Waals surface area contributed by atoms with Crippen molar-refractivity contribution >= 4 is 10.8 Å². The summed E-state index contributed by atoms with van der Waals surface area (Å²) >= 11 is 0. The lowest BCUT2D eigenvalue weighted by molar-refractivity contribution is 0.498. The van der Waals surface area contributed by atoms with Gasteiger partial charge in [-0.15, -0.1) is 0 Å². The van der Waals surface area contributed by atoms with Crippen LogP contribution < -0.4 is 5.73 Å². The van der Waals surface area contributed by atoms with Gasteiger partial charge in [-0.25, -0.2) is 0 Å². The third-order valence-electron chi connectivity index (χ3n) is 2.44. The van der Waals surface area contributed by atoms with E-state index in [-0.39, 0.29) is 5.54 Å². The molecule has 1 rings (SSSR count).